The van der Waals surface area contributed by atoms with Crippen LogP contribution in [-0.2, 0) is 13.1 Å². The molecule has 4 rings (SSSR count). The summed E-state index contributed by atoms with van der Waals surface area (Å²) in [4.78, 5) is 8.21. The first-order valence-corrected chi connectivity index (χ1v) is 9.44. The molecule has 4 nitrogen and oxygen atoms in total. The molecule has 2 heterocycles. The molecule has 0 saturated heterocycles. The van der Waals surface area contributed by atoms with Crippen molar-refractivity contribution in [2.24, 2.45) is 0 Å². The minimum Gasteiger partial charge on any atom is -0.497 e. The third kappa shape index (κ3) is 3.36. The lowest BCUT2D eigenvalue weighted by atomic mass is 10.1. The summed E-state index contributed by atoms with van der Waals surface area (Å²) >= 11 is 1.67. The van der Waals surface area contributed by atoms with Gasteiger partial charge in [0.05, 0.1) is 18.5 Å². The molecule has 0 spiro atoms. The summed E-state index contributed by atoms with van der Waals surface area (Å²) in [6.07, 6.45) is 2.11. The van der Waals surface area contributed by atoms with E-state index < -0.39 is 0 Å². The number of nitrogens with zero attached hydrogens (tertiary/aromatic N) is 3. The average Bonchev–Trinajstić information content (AvgIpc) is 3.25. The highest BCUT2D eigenvalue weighted by atomic mass is 32.1. The summed E-state index contributed by atoms with van der Waals surface area (Å²) in [7, 11) is 3.84. The Morgan fingerprint density at radius 1 is 1.08 bits per heavy atom. The molecule has 0 aliphatic rings. The van der Waals surface area contributed by atoms with Gasteiger partial charge in [-0.1, -0.05) is 42.5 Å². The third-order valence-corrected chi connectivity index (χ3v) is 5.17. The molecule has 132 valence electrons. The highest BCUT2D eigenvalue weighted by Crippen LogP contribution is 2.27. The zero-order chi connectivity index (χ0) is 17.9. The Morgan fingerprint density at radius 2 is 1.92 bits per heavy atom. The lowest BCUT2D eigenvalue weighted by Crippen LogP contribution is -2.18. The van der Waals surface area contributed by atoms with Gasteiger partial charge in [-0.15, -0.1) is 11.3 Å². The Morgan fingerprint density at radius 3 is 2.73 bits per heavy atom. The molecule has 0 fully saturated rings. The molecular formula is C21H21N3OS. The molecule has 0 N–H and O–H groups in total. The number of ether oxygens (including phenoxy) is 1. The van der Waals surface area contributed by atoms with Crippen molar-refractivity contribution in [2.75, 3.05) is 14.2 Å². The lowest BCUT2D eigenvalue weighted by Gasteiger charge is -2.17. The molecule has 26 heavy (non-hydrogen) atoms. The number of aromatic nitrogens is 2. The normalized spacial score (nSPS) is 11.3. The molecule has 0 aliphatic heterocycles. The number of fused-ring (bicyclic) bond motifs is 1. The van der Waals surface area contributed by atoms with Gasteiger partial charge in [0.15, 0.2) is 4.96 Å². The fraction of sp³-hybridized carbons (Fsp3) is 0.190. The quantitative estimate of drug-likeness (QED) is 0.497. The molecule has 4 aromatic rings. The van der Waals surface area contributed by atoms with Crippen LogP contribution in [0.3, 0.4) is 0 Å². The van der Waals surface area contributed by atoms with Gasteiger partial charge in [0.1, 0.15) is 5.75 Å². The van der Waals surface area contributed by atoms with Gasteiger partial charge < -0.3 is 4.74 Å². The monoisotopic (exact) mass is 363 g/mol. The van der Waals surface area contributed by atoms with Crippen molar-refractivity contribution >= 4 is 16.3 Å². The minimum atomic E-state index is 0.819. The predicted octanol–water partition coefficient (Wildman–Crippen LogP) is 4.70. The molecule has 0 radical (unpaired) electrons. The van der Waals surface area contributed by atoms with Crippen LogP contribution in [0.15, 0.2) is 66.2 Å². The Bertz CT molecular complexity index is 1010. The molecule has 2 aromatic carbocycles. The zero-order valence-corrected chi connectivity index (χ0v) is 15.7. The molecule has 0 bridgehead atoms. The van der Waals surface area contributed by atoms with Crippen LogP contribution < -0.4 is 4.74 Å². The van der Waals surface area contributed by atoms with Crippen LogP contribution in [0.5, 0.6) is 5.75 Å². The van der Waals surface area contributed by atoms with Gasteiger partial charge in [-0.3, -0.25) is 9.30 Å². The fourth-order valence-electron chi connectivity index (χ4n) is 3.20. The number of hydrogen-bond acceptors (Lipinski definition) is 4. The van der Waals surface area contributed by atoms with Crippen molar-refractivity contribution in [2.45, 2.75) is 13.1 Å². The van der Waals surface area contributed by atoms with Crippen LogP contribution in [0.2, 0.25) is 0 Å². The number of methoxy groups -OCH3 is 1. The summed E-state index contributed by atoms with van der Waals surface area (Å²) in [5, 5.41) is 2.09. The van der Waals surface area contributed by atoms with Crippen LogP contribution in [-0.4, -0.2) is 28.4 Å². The van der Waals surface area contributed by atoms with E-state index in [1.165, 1.54) is 11.3 Å². The van der Waals surface area contributed by atoms with Gasteiger partial charge in [0.2, 0.25) is 0 Å². The first-order chi connectivity index (χ1) is 12.7. The molecule has 0 saturated carbocycles. The maximum atomic E-state index is 5.34. The second-order valence-electron chi connectivity index (χ2n) is 6.35. The number of thiazole rings is 1. The number of imidazole rings is 1. The molecular weight excluding hydrogens is 342 g/mol. The summed E-state index contributed by atoms with van der Waals surface area (Å²) in [6.45, 7) is 1.67. The number of rotatable bonds is 6. The number of hydrogen-bond donors (Lipinski definition) is 0. The van der Waals surface area contributed by atoms with Crippen LogP contribution in [0.1, 0.15) is 11.3 Å². The van der Waals surface area contributed by atoms with E-state index in [0.717, 1.165) is 35.1 Å². The van der Waals surface area contributed by atoms with Gasteiger partial charge in [0.25, 0.3) is 0 Å². The van der Waals surface area contributed by atoms with Gasteiger partial charge >= 0.3 is 0 Å². The van der Waals surface area contributed by atoms with E-state index in [2.05, 4.69) is 64.3 Å². The molecule has 0 amide bonds. The van der Waals surface area contributed by atoms with Crippen molar-refractivity contribution < 1.29 is 4.74 Å². The maximum absolute atomic E-state index is 5.34. The minimum absolute atomic E-state index is 0.819. The topological polar surface area (TPSA) is 29.8 Å². The first-order valence-electron chi connectivity index (χ1n) is 8.56. The van der Waals surface area contributed by atoms with E-state index in [9.17, 15) is 0 Å². The van der Waals surface area contributed by atoms with Gasteiger partial charge in [-0.25, -0.2) is 4.98 Å². The van der Waals surface area contributed by atoms with E-state index in [1.807, 2.05) is 18.2 Å². The standard InChI is InChI=1S/C21H21N3OS/c1-23(14-16-7-6-10-18(13-16)25-2)15-19-20(17-8-4-3-5-9-17)22-21-24(19)11-12-26-21/h3-13H,14-15H2,1-2H3. The Labute approximate surface area is 157 Å². The maximum Gasteiger partial charge on any atom is 0.194 e. The van der Waals surface area contributed by atoms with Gasteiger partial charge in [-0.2, -0.15) is 0 Å². The highest BCUT2D eigenvalue weighted by Gasteiger charge is 2.16. The molecule has 0 aliphatic carbocycles. The summed E-state index contributed by atoms with van der Waals surface area (Å²) in [5.74, 6) is 0.894. The van der Waals surface area contributed by atoms with Crippen molar-refractivity contribution in [3.05, 3.63) is 77.4 Å². The van der Waals surface area contributed by atoms with Crippen molar-refractivity contribution in [3.8, 4) is 17.0 Å². The molecule has 0 atom stereocenters. The second kappa shape index (κ2) is 7.32. The van der Waals surface area contributed by atoms with Crippen LogP contribution in [0.4, 0.5) is 0 Å². The molecule has 5 heteroatoms. The summed E-state index contributed by atoms with van der Waals surface area (Å²) < 4.78 is 7.54. The fourth-order valence-corrected chi connectivity index (χ4v) is 3.94. The molecule has 2 aromatic heterocycles. The smallest absolute Gasteiger partial charge is 0.194 e. The molecule has 0 unspecified atom stereocenters. The second-order valence-corrected chi connectivity index (χ2v) is 7.23. The lowest BCUT2D eigenvalue weighted by molar-refractivity contribution is 0.314. The third-order valence-electron chi connectivity index (χ3n) is 4.41. The van der Waals surface area contributed by atoms with Crippen LogP contribution in [0, 0.1) is 0 Å². The number of benzene rings is 2. The Hall–Kier alpha value is -2.63. The largest absolute Gasteiger partial charge is 0.497 e. The highest BCUT2D eigenvalue weighted by molar-refractivity contribution is 7.15. The summed E-state index contributed by atoms with van der Waals surface area (Å²) in [5.41, 5.74) is 4.68. The zero-order valence-electron chi connectivity index (χ0n) is 14.9. The average molecular weight is 363 g/mol. The van der Waals surface area contributed by atoms with Gasteiger partial charge in [0, 0.05) is 30.2 Å². The van der Waals surface area contributed by atoms with E-state index in [-0.39, 0.29) is 0 Å². The SMILES string of the molecule is COc1cccc(CN(C)Cc2c(-c3ccccc3)nc3sccn23)c1. The van der Waals surface area contributed by atoms with Crippen LogP contribution >= 0.6 is 11.3 Å². The first kappa shape index (κ1) is 16.8. The Balaban J connectivity index is 1.62. The van der Waals surface area contributed by atoms with E-state index in [0.29, 0.717) is 0 Å². The Kier molecular flexibility index (Phi) is 4.73. The van der Waals surface area contributed by atoms with E-state index in [1.54, 1.807) is 18.4 Å². The van der Waals surface area contributed by atoms with Crippen molar-refractivity contribution in [1.82, 2.24) is 14.3 Å². The van der Waals surface area contributed by atoms with E-state index >= 15 is 0 Å². The summed E-state index contributed by atoms with van der Waals surface area (Å²) in [6, 6.07) is 18.6. The predicted molar refractivity (Wildman–Crippen MR) is 107 cm³/mol. The van der Waals surface area contributed by atoms with Crippen LogP contribution in [0.25, 0.3) is 16.2 Å². The van der Waals surface area contributed by atoms with Crippen molar-refractivity contribution in [3.63, 3.8) is 0 Å². The van der Waals surface area contributed by atoms with Gasteiger partial charge in [-0.05, 0) is 24.7 Å². The van der Waals surface area contributed by atoms with E-state index in [4.69, 9.17) is 9.72 Å². The van der Waals surface area contributed by atoms with Crippen molar-refractivity contribution in [1.29, 1.82) is 0 Å².